The Hall–Kier alpha value is -1.44. The normalized spacial score (nSPS) is 11.1. The van der Waals surface area contributed by atoms with Crippen LogP contribution in [0.1, 0.15) is 5.56 Å². The molecule has 4 nitrogen and oxygen atoms in total. The lowest BCUT2D eigenvalue weighted by molar-refractivity contribution is 0.601. The zero-order chi connectivity index (χ0) is 14.8. The molecule has 104 valence electrons. The van der Waals surface area contributed by atoms with Crippen LogP contribution in [0.2, 0.25) is 0 Å². The van der Waals surface area contributed by atoms with E-state index in [1.807, 2.05) is 6.07 Å². The summed E-state index contributed by atoms with van der Waals surface area (Å²) in [4.78, 5) is 0.271. The lowest BCUT2D eigenvalue weighted by Crippen LogP contribution is -2.15. The van der Waals surface area contributed by atoms with Gasteiger partial charge in [0.1, 0.15) is 4.99 Å². The lowest BCUT2D eigenvalue weighted by atomic mass is 10.2. The van der Waals surface area contributed by atoms with E-state index in [9.17, 15) is 8.42 Å². The molecule has 0 saturated heterocycles. The maximum atomic E-state index is 12.3. The molecule has 0 aliphatic heterocycles. The minimum atomic E-state index is -3.67. The van der Waals surface area contributed by atoms with Gasteiger partial charge < -0.3 is 5.73 Å². The van der Waals surface area contributed by atoms with Crippen molar-refractivity contribution >= 4 is 48.8 Å². The fraction of sp³-hybridized carbons (Fsp3) is 0. The Morgan fingerprint density at radius 1 is 1.15 bits per heavy atom. The Morgan fingerprint density at radius 2 is 1.85 bits per heavy atom. The average Bonchev–Trinajstić information content (AvgIpc) is 2.38. The summed E-state index contributed by atoms with van der Waals surface area (Å²) in [5, 5.41) is 0. The summed E-state index contributed by atoms with van der Waals surface area (Å²) in [6.07, 6.45) is 0. The van der Waals surface area contributed by atoms with Crippen LogP contribution in [0.5, 0.6) is 0 Å². The van der Waals surface area contributed by atoms with Gasteiger partial charge in [-0.1, -0.05) is 46.3 Å². The number of anilines is 1. The maximum Gasteiger partial charge on any atom is 0.261 e. The van der Waals surface area contributed by atoms with Gasteiger partial charge in [0.05, 0.1) is 4.90 Å². The van der Waals surface area contributed by atoms with Gasteiger partial charge in [-0.25, -0.2) is 8.42 Å². The number of sulfonamides is 1. The Balaban J connectivity index is 2.35. The van der Waals surface area contributed by atoms with Gasteiger partial charge in [0.15, 0.2) is 0 Å². The summed E-state index contributed by atoms with van der Waals surface area (Å²) in [7, 11) is -3.67. The molecule has 0 unspecified atom stereocenters. The highest BCUT2D eigenvalue weighted by Crippen LogP contribution is 2.20. The largest absolute Gasteiger partial charge is 0.389 e. The van der Waals surface area contributed by atoms with Crippen molar-refractivity contribution in [3.63, 3.8) is 0 Å². The van der Waals surface area contributed by atoms with Crippen LogP contribution in [-0.2, 0) is 10.0 Å². The summed E-state index contributed by atoms with van der Waals surface area (Å²) in [6.45, 7) is 0. The second-order valence-electron chi connectivity index (χ2n) is 4.01. The molecule has 0 saturated carbocycles. The van der Waals surface area contributed by atoms with E-state index in [-0.39, 0.29) is 9.88 Å². The van der Waals surface area contributed by atoms with Crippen molar-refractivity contribution in [3.8, 4) is 0 Å². The number of rotatable bonds is 4. The molecular formula is C13H11BrN2O2S2. The maximum absolute atomic E-state index is 12.3. The van der Waals surface area contributed by atoms with Crippen LogP contribution in [-0.4, -0.2) is 13.4 Å². The molecular weight excluding hydrogens is 360 g/mol. The highest BCUT2D eigenvalue weighted by atomic mass is 79.9. The first-order chi connectivity index (χ1) is 9.38. The number of nitrogens with two attached hydrogens (primary N) is 1. The first kappa shape index (κ1) is 15.0. The molecule has 0 spiro atoms. The number of halogens is 1. The van der Waals surface area contributed by atoms with Crippen molar-refractivity contribution in [1.29, 1.82) is 0 Å². The molecule has 0 amide bonds. The Bertz CT molecular complexity index is 760. The van der Waals surface area contributed by atoms with Crippen molar-refractivity contribution in [3.05, 3.63) is 58.6 Å². The number of thiocarbonyl (C=S) groups is 1. The van der Waals surface area contributed by atoms with Crippen molar-refractivity contribution in [1.82, 2.24) is 0 Å². The van der Waals surface area contributed by atoms with E-state index in [4.69, 9.17) is 18.0 Å². The summed E-state index contributed by atoms with van der Waals surface area (Å²) >= 11 is 8.14. The molecule has 2 aromatic rings. The van der Waals surface area contributed by atoms with Crippen molar-refractivity contribution in [2.75, 3.05) is 4.72 Å². The van der Waals surface area contributed by atoms with Crippen molar-refractivity contribution in [2.24, 2.45) is 5.73 Å². The van der Waals surface area contributed by atoms with Crippen LogP contribution < -0.4 is 10.5 Å². The Kier molecular flexibility index (Phi) is 4.42. The van der Waals surface area contributed by atoms with E-state index >= 15 is 0 Å². The average molecular weight is 371 g/mol. The van der Waals surface area contributed by atoms with E-state index in [1.54, 1.807) is 30.3 Å². The van der Waals surface area contributed by atoms with Crippen LogP contribution >= 0.6 is 28.1 Å². The number of benzene rings is 2. The number of hydrogen-bond donors (Lipinski definition) is 2. The minimum absolute atomic E-state index is 0.114. The second kappa shape index (κ2) is 5.90. The molecule has 0 bridgehead atoms. The summed E-state index contributed by atoms with van der Waals surface area (Å²) in [5.41, 5.74) is 6.49. The van der Waals surface area contributed by atoms with E-state index in [0.717, 1.165) is 4.47 Å². The van der Waals surface area contributed by atoms with E-state index in [2.05, 4.69) is 20.7 Å². The van der Waals surface area contributed by atoms with Gasteiger partial charge in [-0.3, -0.25) is 4.72 Å². The zero-order valence-electron chi connectivity index (χ0n) is 10.2. The SMILES string of the molecule is NC(=S)c1cccc(S(=O)(=O)Nc2cccc(Br)c2)c1. The predicted molar refractivity (Wildman–Crippen MR) is 87.3 cm³/mol. The third kappa shape index (κ3) is 3.56. The van der Waals surface area contributed by atoms with E-state index < -0.39 is 10.0 Å². The third-order valence-corrected chi connectivity index (χ3v) is 4.61. The van der Waals surface area contributed by atoms with Crippen molar-refractivity contribution in [2.45, 2.75) is 4.90 Å². The monoisotopic (exact) mass is 370 g/mol. The van der Waals surface area contributed by atoms with Gasteiger partial charge >= 0.3 is 0 Å². The Morgan fingerprint density at radius 3 is 2.50 bits per heavy atom. The molecule has 0 aliphatic carbocycles. The number of hydrogen-bond acceptors (Lipinski definition) is 3. The second-order valence-corrected chi connectivity index (χ2v) is 7.05. The van der Waals surface area contributed by atoms with Gasteiger partial charge in [-0.15, -0.1) is 0 Å². The molecule has 0 heterocycles. The molecule has 0 aliphatic rings. The zero-order valence-corrected chi connectivity index (χ0v) is 13.4. The minimum Gasteiger partial charge on any atom is -0.389 e. The lowest BCUT2D eigenvalue weighted by Gasteiger charge is -2.09. The molecule has 0 fully saturated rings. The predicted octanol–water partition coefficient (Wildman–Crippen LogP) is 2.88. The highest BCUT2D eigenvalue weighted by molar-refractivity contribution is 9.10. The van der Waals surface area contributed by atoms with E-state index in [0.29, 0.717) is 11.3 Å². The van der Waals surface area contributed by atoms with Gasteiger partial charge in [0.2, 0.25) is 0 Å². The summed E-state index contributed by atoms with van der Waals surface area (Å²) < 4.78 is 27.8. The summed E-state index contributed by atoms with van der Waals surface area (Å²) in [5.74, 6) is 0. The van der Waals surface area contributed by atoms with Gasteiger partial charge in [0.25, 0.3) is 10.0 Å². The molecule has 2 rings (SSSR count). The first-order valence-electron chi connectivity index (χ1n) is 5.57. The van der Waals surface area contributed by atoms with Gasteiger partial charge in [0, 0.05) is 15.7 Å². The van der Waals surface area contributed by atoms with Gasteiger partial charge in [-0.05, 0) is 30.3 Å². The molecule has 0 atom stereocenters. The fourth-order valence-electron chi connectivity index (χ4n) is 1.58. The Labute approximate surface area is 131 Å². The smallest absolute Gasteiger partial charge is 0.261 e. The van der Waals surface area contributed by atoms with Crippen molar-refractivity contribution < 1.29 is 8.42 Å². The topological polar surface area (TPSA) is 72.2 Å². The molecule has 3 N–H and O–H groups in total. The summed E-state index contributed by atoms with van der Waals surface area (Å²) in [6, 6.07) is 13.1. The van der Waals surface area contributed by atoms with Crippen LogP contribution in [0.4, 0.5) is 5.69 Å². The first-order valence-corrected chi connectivity index (χ1v) is 8.25. The molecule has 2 aromatic carbocycles. The van der Waals surface area contributed by atoms with Crippen LogP contribution in [0.25, 0.3) is 0 Å². The highest BCUT2D eigenvalue weighted by Gasteiger charge is 2.15. The third-order valence-electron chi connectivity index (χ3n) is 2.51. The van der Waals surface area contributed by atoms with Crippen LogP contribution in [0.15, 0.2) is 57.9 Å². The van der Waals surface area contributed by atoms with Gasteiger partial charge in [-0.2, -0.15) is 0 Å². The van der Waals surface area contributed by atoms with Crippen LogP contribution in [0.3, 0.4) is 0 Å². The molecule has 7 heteroatoms. The van der Waals surface area contributed by atoms with E-state index in [1.165, 1.54) is 12.1 Å². The quantitative estimate of drug-likeness (QED) is 0.811. The molecule has 0 aromatic heterocycles. The number of nitrogens with one attached hydrogen (secondary N) is 1. The standard InChI is InChI=1S/C13H11BrN2O2S2/c14-10-4-2-5-11(8-10)16-20(17,18)12-6-1-3-9(7-12)13(15)19/h1-8,16H,(H2,15,19). The molecule has 20 heavy (non-hydrogen) atoms. The van der Waals surface area contributed by atoms with Crippen LogP contribution in [0, 0.1) is 0 Å². The fourth-order valence-corrected chi connectivity index (χ4v) is 3.20. The molecule has 0 radical (unpaired) electrons.